The Morgan fingerprint density at radius 1 is 1.04 bits per heavy atom. The molecule has 0 spiro atoms. The van der Waals surface area contributed by atoms with Crippen LogP contribution in [0.4, 0.5) is 5.69 Å². The lowest BCUT2D eigenvalue weighted by Gasteiger charge is -2.11. The highest BCUT2D eigenvalue weighted by atomic mass is 32.1. The summed E-state index contributed by atoms with van der Waals surface area (Å²) in [5.41, 5.74) is 2.56. The Morgan fingerprint density at radius 3 is 2.28 bits per heavy atom. The fourth-order valence-corrected chi connectivity index (χ4v) is 2.34. The summed E-state index contributed by atoms with van der Waals surface area (Å²) in [6.07, 6.45) is -0.172. The van der Waals surface area contributed by atoms with Crippen LogP contribution < -0.4 is 10.6 Å². The number of rotatable bonds is 4. The molecule has 2 rings (SSSR count). The second-order valence-corrected chi connectivity index (χ2v) is 6.16. The Morgan fingerprint density at radius 2 is 1.68 bits per heavy atom. The fraction of sp³-hybridized carbons (Fsp3) is 0.211. The molecule has 0 heterocycles. The molecule has 0 aliphatic rings. The topological polar surface area (TPSA) is 67.4 Å². The van der Waals surface area contributed by atoms with Crippen molar-refractivity contribution >= 4 is 34.9 Å². The second-order valence-electron chi connectivity index (χ2n) is 5.75. The molecular formula is C19H20N2O3S. The van der Waals surface area contributed by atoms with Crippen molar-refractivity contribution in [1.82, 2.24) is 5.32 Å². The van der Waals surface area contributed by atoms with E-state index in [-0.39, 0.29) is 23.1 Å². The highest BCUT2D eigenvalue weighted by Crippen LogP contribution is 2.12. The number of hydrogen-bond donors (Lipinski definition) is 2. The average Bonchev–Trinajstić information content (AvgIpc) is 2.55. The molecule has 25 heavy (non-hydrogen) atoms. The minimum atomic E-state index is -0.378. The lowest BCUT2D eigenvalue weighted by Crippen LogP contribution is -2.34. The Balaban J connectivity index is 1.95. The highest BCUT2D eigenvalue weighted by molar-refractivity contribution is 7.80. The first-order valence-electron chi connectivity index (χ1n) is 7.86. The number of thiocarbonyl (C=S) groups is 1. The molecule has 0 saturated carbocycles. The lowest BCUT2D eigenvalue weighted by atomic mass is 10.1. The Bertz CT molecular complexity index is 786. The van der Waals surface area contributed by atoms with E-state index in [0.29, 0.717) is 16.8 Å². The average molecular weight is 356 g/mol. The summed E-state index contributed by atoms with van der Waals surface area (Å²) < 4.78 is 5.13. The fourth-order valence-electron chi connectivity index (χ4n) is 2.13. The number of anilines is 1. The molecule has 0 bridgehead atoms. The molecule has 2 aromatic rings. The number of nitrogens with one attached hydrogen (secondary N) is 2. The van der Waals surface area contributed by atoms with Gasteiger partial charge in [-0.05, 0) is 68.9 Å². The molecule has 0 atom stereocenters. The maximum atomic E-state index is 12.2. The third-order valence-corrected chi connectivity index (χ3v) is 3.54. The zero-order valence-corrected chi connectivity index (χ0v) is 15.1. The van der Waals surface area contributed by atoms with Crippen molar-refractivity contribution in [1.29, 1.82) is 0 Å². The summed E-state index contributed by atoms with van der Waals surface area (Å²) in [7, 11) is 0. The van der Waals surface area contributed by atoms with Crippen LogP contribution in [0.5, 0.6) is 0 Å². The molecule has 130 valence electrons. The zero-order chi connectivity index (χ0) is 18.4. The summed E-state index contributed by atoms with van der Waals surface area (Å²) in [6, 6.07) is 13.9. The van der Waals surface area contributed by atoms with Crippen molar-refractivity contribution in [3.05, 3.63) is 65.2 Å². The number of carbonyl (C=O) groups is 2. The molecular weight excluding hydrogens is 336 g/mol. The van der Waals surface area contributed by atoms with Crippen LogP contribution in [0.25, 0.3) is 0 Å². The van der Waals surface area contributed by atoms with Gasteiger partial charge in [0.1, 0.15) is 0 Å². The van der Waals surface area contributed by atoms with E-state index >= 15 is 0 Å². The van der Waals surface area contributed by atoms with Crippen molar-refractivity contribution in [2.75, 3.05) is 5.32 Å². The number of ether oxygens (including phenoxy) is 1. The van der Waals surface area contributed by atoms with Crippen molar-refractivity contribution < 1.29 is 14.3 Å². The first-order valence-corrected chi connectivity index (χ1v) is 8.26. The molecule has 0 aliphatic heterocycles. The maximum absolute atomic E-state index is 12.2. The molecule has 2 N–H and O–H groups in total. The molecule has 0 aromatic heterocycles. The smallest absolute Gasteiger partial charge is 0.338 e. The Kier molecular flexibility index (Phi) is 6.25. The zero-order valence-electron chi connectivity index (χ0n) is 14.3. The minimum Gasteiger partial charge on any atom is -0.459 e. The van der Waals surface area contributed by atoms with Crippen LogP contribution in [0.3, 0.4) is 0 Å². The SMILES string of the molecule is Cc1ccccc1C(=O)NC(=S)Nc1ccc(C(=O)OC(C)C)cc1. The van der Waals surface area contributed by atoms with Gasteiger partial charge in [0.25, 0.3) is 5.91 Å². The molecule has 0 fully saturated rings. The molecule has 5 nitrogen and oxygen atoms in total. The number of aryl methyl sites for hydroxylation is 1. The Labute approximate surface area is 152 Å². The second kappa shape index (κ2) is 8.39. The van der Waals surface area contributed by atoms with E-state index in [4.69, 9.17) is 17.0 Å². The summed E-state index contributed by atoms with van der Waals surface area (Å²) in [5.74, 6) is -0.648. The maximum Gasteiger partial charge on any atom is 0.338 e. The third kappa shape index (κ3) is 5.39. The van der Waals surface area contributed by atoms with Crippen LogP contribution in [-0.4, -0.2) is 23.1 Å². The van der Waals surface area contributed by atoms with Gasteiger partial charge in [-0.2, -0.15) is 0 Å². The molecule has 0 unspecified atom stereocenters. The van der Waals surface area contributed by atoms with Crippen LogP contribution in [-0.2, 0) is 4.74 Å². The summed E-state index contributed by atoms with van der Waals surface area (Å²) in [4.78, 5) is 24.0. The number of amides is 1. The summed E-state index contributed by atoms with van der Waals surface area (Å²) in [5, 5.41) is 5.74. The first kappa shape index (κ1) is 18.6. The van der Waals surface area contributed by atoms with E-state index in [1.165, 1.54) is 0 Å². The predicted octanol–water partition coefficient (Wildman–Crippen LogP) is 3.69. The van der Waals surface area contributed by atoms with E-state index in [2.05, 4.69) is 10.6 Å². The van der Waals surface area contributed by atoms with Crippen LogP contribution in [0, 0.1) is 6.92 Å². The van der Waals surface area contributed by atoms with Crippen molar-refractivity contribution in [3.63, 3.8) is 0 Å². The minimum absolute atomic E-state index is 0.172. The van der Waals surface area contributed by atoms with Gasteiger partial charge in [0, 0.05) is 11.3 Å². The molecule has 1 amide bonds. The summed E-state index contributed by atoms with van der Waals surface area (Å²) in [6.45, 7) is 5.45. The van der Waals surface area contributed by atoms with Gasteiger partial charge >= 0.3 is 5.97 Å². The van der Waals surface area contributed by atoms with E-state index < -0.39 is 0 Å². The number of benzene rings is 2. The van der Waals surface area contributed by atoms with Crippen LogP contribution in [0.1, 0.15) is 40.1 Å². The third-order valence-electron chi connectivity index (χ3n) is 3.34. The van der Waals surface area contributed by atoms with Gasteiger partial charge in [-0.3, -0.25) is 10.1 Å². The van der Waals surface area contributed by atoms with Crippen molar-refractivity contribution in [2.45, 2.75) is 26.9 Å². The molecule has 0 aliphatic carbocycles. The van der Waals surface area contributed by atoms with Gasteiger partial charge < -0.3 is 10.1 Å². The number of carbonyl (C=O) groups excluding carboxylic acids is 2. The van der Waals surface area contributed by atoms with E-state index in [9.17, 15) is 9.59 Å². The van der Waals surface area contributed by atoms with Gasteiger partial charge in [0.15, 0.2) is 5.11 Å². The van der Waals surface area contributed by atoms with Gasteiger partial charge in [0.2, 0.25) is 0 Å². The van der Waals surface area contributed by atoms with Crippen molar-refractivity contribution in [3.8, 4) is 0 Å². The molecule has 0 saturated heterocycles. The quantitative estimate of drug-likeness (QED) is 0.646. The van der Waals surface area contributed by atoms with Gasteiger partial charge in [-0.15, -0.1) is 0 Å². The summed E-state index contributed by atoms with van der Waals surface area (Å²) >= 11 is 5.16. The van der Waals surface area contributed by atoms with E-state index in [1.54, 1.807) is 50.2 Å². The number of hydrogen-bond acceptors (Lipinski definition) is 4. The predicted molar refractivity (Wildman–Crippen MR) is 102 cm³/mol. The van der Waals surface area contributed by atoms with Gasteiger partial charge in [-0.25, -0.2) is 4.79 Å². The monoisotopic (exact) mass is 356 g/mol. The Hall–Kier alpha value is -2.73. The molecule has 2 aromatic carbocycles. The van der Waals surface area contributed by atoms with Crippen molar-refractivity contribution in [2.24, 2.45) is 0 Å². The first-order chi connectivity index (χ1) is 11.9. The standard InChI is InChI=1S/C19H20N2O3S/c1-12(2)24-18(23)14-8-10-15(11-9-14)20-19(25)21-17(22)16-7-5-4-6-13(16)3/h4-12H,1-3H3,(H2,20,21,22,25). The van der Waals surface area contributed by atoms with E-state index in [0.717, 1.165) is 5.56 Å². The van der Waals surface area contributed by atoms with Crippen LogP contribution in [0.2, 0.25) is 0 Å². The lowest BCUT2D eigenvalue weighted by molar-refractivity contribution is 0.0378. The molecule has 0 radical (unpaired) electrons. The normalized spacial score (nSPS) is 10.2. The van der Waals surface area contributed by atoms with Gasteiger partial charge in [0.05, 0.1) is 11.7 Å². The highest BCUT2D eigenvalue weighted by Gasteiger charge is 2.11. The number of esters is 1. The van der Waals surface area contributed by atoms with Crippen LogP contribution in [0.15, 0.2) is 48.5 Å². The van der Waals surface area contributed by atoms with Gasteiger partial charge in [-0.1, -0.05) is 18.2 Å². The van der Waals surface area contributed by atoms with E-state index in [1.807, 2.05) is 19.1 Å². The van der Waals surface area contributed by atoms with Crippen LogP contribution >= 0.6 is 12.2 Å². The molecule has 6 heteroatoms. The largest absolute Gasteiger partial charge is 0.459 e.